The van der Waals surface area contributed by atoms with Gasteiger partial charge in [-0.05, 0) is 12.1 Å². The van der Waals surface area contributed by atoms with Gasteiger partial charge in [0.05, 0.1) is 41.5 Å². The molecule has 0 aromatic carbocycles. The summed E-state index contributed by atoms with van der Waals surface area (Å²) in [5, 5.41) is 0. The topological polar surface area (TPSA) is 30.3 Å². The van der Waals surface area contributed by atoms with Gasteiger partial charge in [0.2, 0.25) is 0 Å². The SMILES string of the molecule is Cn1ccc2ncc(N3CC4(COC4)C3)cc21. The van der Waals surface area contributed by atoms with Crippen LogP contribution in [0.5, 0.6) is 0 Å². The summed E-state index contributed by atoms with van der Waals surface area (Å²) in [4.78, 5) is 6.89. The molecule has 0 radical (unpaired) electrons. The Kier molecular flexibility index (Phi) is 1.68. The predicted octanol–water partition coefficient (Wildman–Crippen LogP) is 1.41. The van der Waals surface area contributed by atoms with E-state index in [4.69, 9.17) is 4.74 Å². The molecule has 1 spiro atoms. The van der Waals surface area contributed by atoms with Gasteiger partial charge in [0.15, 0.2) is 0 Å². The van der Waals surface area contributed by atoms with Crippen LogP contribution in [0.25, 0.3) is 11.0 Å². The molecule has 17 heavy (non-hydrogen) atoms. The maximum atomic E-state index is 5.29. The Morgan fingerprint density at radius 3 is 2.88 bits per heavy atom. The average molecular weight is 229 g/mol. The molecule has 2 fully saturated rings. The van der Waals surface area contributed by atoms with Gasteiger partial charge in [-0.2, -0.15) is 0 Å². The molecule has 0 N–H and O–H groups in total. The molecule has 0 unspecified atom stereocenters. The van der Waals surface area contributed by atoms with Crippen LogP contribution in [0.4, 0.5) is 5.69 Å². The van der Waals surface area contributed by atoms with Crippen molar-refractivity contribution in [1.29, 1.82) is 0 Å². The van der Waals surface area contributed by atoms with E-state index >= 15 is 0 Å². The highest BCUT2D eigenvalue weighted by Crippen LogP contribution is 2.40. The molecule has 0 aliphatic carbocycles. The van der Waals surface area contributed by atoms with E-state index in [9.17, 15) is 0 Å². The summed E-state index contributed by atoms with van der Waals surface area (Å²) in [6.45, 7) is 4.10. The molecule has 2 aliphatic rings. The lowest BCUT2D eigenvalue weighted by Gasteiger charge is -2.55. The number of nitrogens with zero attached hydrogens (tertiary/aromatic N) is 3. The Labute approximate surface area is 99.8 Å². The van der Waals surface area contributed by atoms with Crippen molar-refractivity contribution in [3.63, 3.8) is 0 Å². The maximum Gasteiger partial charge on any atom is 0.0882 e. The van der Waals surface area contributed by atoms with Crippen LogP contribution in [0.2, 0.25) is 0 Å². The van der Waals surface area contributed by atoms with Gasteiger partial charge >= 0.3 is 0 Å². The van der Waals surface area contributed by atoms with Crippen molar-refractivity contribution < 1.29 is 4.74 Å². The van der Waals surface area contributed by atoms with Gasteiger partial charge in [0.1, 0.15) is 0 Å². The lowest BCUT2D eigenvalue weighted by molar-refractivity contribution is -0.127. The minimum absolute atomic E-state index is 0.461. The molecule has 4 heterocycles. The van der Waals surface area contributed by atoms with Gasteiger partial charge in [-0.15, -0.1) is 0 Å². The third-order valence-corrected chi connectivity index (χ3v) is 3.95. The zero-order chi connectivity index (χ0) is 11.5. The highest BCUT2D eigenvalue weighted by Gasteiger charge is 2.49. The molecule has 4 nitrogen and oxygen atoms in total. The number of ether oxygens (including phenoxy) is 1. The van der Waals surface area contributed by atoms with Crippen LogP contribution < -0.4 is 4.90 Å². The third kappa shape index (κ3) is 1.24. The standard InChI is InChI=1S/C13H15N3O/c1-15-3-2-11-12(15)4-10(5-14-11)16-6-13(7-16)8-17-9-13/h2-5H,6-9H2,1H3. The molecule has 2 aromatic heterocycles. The second-order valence-electron chi connectivity index (χ2n) is 5.37. The van der Waals surface area contributed by atoms with E-state index in [0.717, 1.165) is 31.8 Å². The molecular weight excluding hydrogens is 214 g/mol. The molecule has 2 saturated heterocycles. The summed E-state index contributed by atoms with van der Waals surface area (Å²) in [7, 11) is 2.06. The van der Waals surface area contributed by atoms with Crippen LogP contribution in [-0.2, 0) is 11.8 Å². The summed E-state index contributed by atoms with van der Waals surface area (Å²) >= 11 is 0. The molecule has 0 saturated carbocycles. The number of aromatic nitrogens is 2. The smallest absolute Gasteiger partial charge is 0.0882 e. The number of pyridine rings is 1. The van der Waals surface area contributed by atoms with Crippen molar-refractivity contribution in [3.05, 3.63) is 24.5 Å². The predicted molar refractivity (Wildman–Crippen MR) is 66.2 cm³/mol. The first-order valence-electron chi connectivity index (χ1n) is 6.00. The monoisotopic (exact) mass is 229 g/mol. The van der Waals surface area contributed by atoms with Gasteiger partial charge in [-0.3, -0.25) is 4.98 Å². The van der Waals surface area contributed by atoms with Crippen molar-refractivity contribution >= 4 is 16.7 Å². The normalized spacial score (nSPS) is 21.6. The first-order chi connectivity index (χ1) is 8.26. The van der Waals surface area contributed by atoms with Gasteiger partial charge in [0.25, 0.3) is 0 Å². The molecule has 4 rings (SSSR count). The van der Waals surface area contributed by atoms with Crippen molar-refractivity contribution in [2.45, 2.75) is 0 Å². The van der Waals surface area contributed by atoms with E-state index in [1.165, 1.54) is 11.2 Å². The summed E-state index contributed by atoms with van der Waals surface area (Å²) in [5.74, 6) is 0. The van der Waals surface area contributed by atoms with E-state index in [0.29, 0.717) is 5.41 Å². The minimum atomic E-state index is 0.461. The fourth-order valence-electron chi connectivity index (χ4n) is 2.82. The van der Waals surface area contributed by atoms with Crippen molar-refractivity contribution in [2.24, 2.45) is 12.5 Å². The molecule has 0 bridgehead atoms. The lowest BCUT2D eigenvalue weighted by atomic mass is 9.78. The average Bonchev–Trinajstić information content (AvgIpc) is 2.57. The third-order valence-electron chi connectivity index (χ3n) is 3.95. The Bertz CT molecular complexity index is 577. The fourth-order valence-corrected chi connectivity index (χ4v) is 2.82. The molecule has 0 amide bonds. The molecule has 0 atom stereocenters. The van der Waals surface area contributed by atoms with Gasteiger partial charge in [-0.1, -0.05) is 0 Å². The molecule has 88 valence electrons. The Morgan fingerprint density at radius 1 is 1.35 bits per heavy atom. The first-order valence-corrected chi connectivity index (χ1v) is 6.00. The molecular formula is C13H15N3O. The van der Waals surface area contributed by atoms with Gasteiger partial charge in [0, 0.05) is 26.3 Å². The highest BCUT2D eigenvalue weighted by molar-refractivity contribution is 5.79. The second-order valence-corrected chi connectivity index (χ2v) is 5.37. The molecule has 2 aliphatic heterocycles. The quantitative estimate of drug-likeness (QED) is 0.740. The van der Waals surface area contributed by atoms with Crippen LogP contribution in [0, 0.1) is 5.41 Å². The minimum Gasteiger partial charge on any atom is -0.380 e. The van der Waals surface area contributed by atoms with Crippen molar-refractivity contribution in [2.75, 3.05) is 31.2 Å². The van der Waals surface area contributed by atoms with Gasteiger partial charge < -0.3 is 14.2 Å². The number of aryl methyl sites for hydroxylation is 1. The van der Waals surface area contributed by atoms with Crippen LogP contribution in [0.15, 0.2) is 24.5 Å². The van der Waals surface area contributed by atoms with Crippen LogP contribution in [0.3, 0.4) is 0 Å². The molecule has 2 aromatic rings. The Morgan fingerprint density at radius 2 is 2.18 bits per heavy atom. The number of fused-ring (bicyclic) bond motifs is 1. The lowest BCUT2D eigenvalue weighted by Crippen LogP contribution is -2.66. The van der Waals surface area contributed by atoms with E-state index in [1.807, 2.05) is 6.20 Å². The largest absolute Gasteiger partial charge is 0.380 e. The summed E-state index contributed by atoms with van der Waals surface area (Å²) < 4.78 is 7.41. The molecule has 4 heteroatoms. The fraction of sp³-hybridized carbons (Fsp3) is 0.462. The van der Waals surface area contributed by atoms with Crippen molar-refractivity contribution in [3.8, 4) is 0 Å². The zero-order valence-electron chi connectivity index (χ0n) is 9.89. The number of hydrogen-bond donors (Lipinski definition) is 0. The summed E-state index contributed by atoms with van der Waals surface area (Å²) in [6, 6.07) is 4.28. The van der Waals surface area contributed by atoms with E-state index in [-0.39, 0.29) is 0 Å². The summed E-state index contributed by atoms with van der Waals surface area (Å²) in [6.07, 6.45) is 4.04. The van der Waals surface area contributed by atoms with Crippen LogP contribution in [-0.4, -0.2) is 35.9 Å². The van der Waals surface area contributed by atoms with Gasteiger partial charge in [-0.25, -0.2) is 0 Å². The van der Waals surface area contributed by atoms with Crippen LogP contribution in [0.1, 0.15) is 0 Å². The Balaban J connectivity index is 1.65. The maximum absolute atomic E-state index is 5.29. The summed E-state index contributed by atoms with van der Waals surface area (Å²) in [5.41, 5.74) is 3.96. The van der Waals surface area contributed by atoms with Crippen LogP contribution >= 0.6 is 0 Å². The van der Waals surface area contributed by atoms with E-state index in [2.05, 4.69) is 39.8 Å². The Hall–Kier alpha value is -1.55. The van der Waals surface area contributed by atoms with Crippen molar-refractivity contribution in [1.82, 2.24) is 9.55 Å². The first kappa shape index (κ1) is 9.48. The van der Waals surface area contributed by atoms with E-state index < -0.39 is 0 Å². The number of hydrogen-bond acceptors (Lipinski definition) is 3. The highest BCUT2D eigenvalue weighted by atomic mass is 16.5. The number of anilines is 1. The zero-order valence-corrected chi connectivity index (χ0v) is 9.89. The second kappa shape index (κ2) is 3.01. The van der Waals surface area contributed by atoms with E-state index in [1.54, 1.807) is 0 Å². The number of rotatable bonds is 1.